The zero-order valence-electron chi connectivity index (χ0n) is 16.3. The Labute approximate surface area is 164 Å². The molecule has 1 saturated heterocycles. The van der Waals surface area contributed by atoms with Crippen molar-refractivity contribution in [3.8, 4) is 17.1 Å². The quantitative estimate of drug-likeness (QED) is 0.676. The summed E-state index contributed by atoms with van der Waals surface area (Å²) in [4.78, 5) is 19.5. The predicted molar refractivity (Wildman–Crippen MR) is 105 cm³/mol. The highest BCUT2D eigenvalue weighted by atomic mass is 16.5. The number of rotatable bonds is 4. The fraction of sp³-hybridized carbons (Fsp3) is 0.318. The van der Waals surface area contributed by atoms with Gasteiger partial charge in [-0.2, -0.15) is 4.98 Å². The molecule has 1 aliphatic rings. The highest BCUT2D eigenvalue weighted by molar-refractivity contribution is 5.95. The summed E-state index contributed by atoms with van der Waals surface area (Å²) in [6, 6.07) is 13.2. The van der Waals surface area contributed by atoms with Crippen LogP contribution >= 0.6 is 0 Å². The molecule has 1 aliphatic heterocycles. The van der Waals surface area contributed by atoms with Gasteiger partial charge in [0, 0.05) is 17.7 Å². The van der Waals surface area contributed by atoms with Crippen LogP contribution < -0.4 is 4.74 Å². The lowest BCUT2D eigenvalue weighted by atomic mass is 10.1. The number of benzene rings is 2. The van der Waals surface area contributed by atoms with Crippen LogP contribution in [0.5, 0.6) is 5.75 Å². The zero-order valence-corrected chi connectivity index (χ0v) is 16.3. The summed E-state index contributed by atoms with van der Waals surface area (Å²) in [6.45, 7) is 4.70. The third-order valence-corrected chi connectivity index (χ3v) is 5.06. The standard InChI is InChI=1S/C22H23N3O3/c1-14-11-15(2)13-17(12-14)22(26)25-10-4-5-19(25)21-23-20(24-28-21)16-6-8-18(27-3)9-7-16/h6-9,11-13,19H,4-5,10H2,1-3H3/t19-/m0/s1. The Morgan fingerprint density at radius 1 is 1.14 bits per heavy atom. The van der Waals surface area contributed by atoms with E-state index in [1.54, 1.807) is 7.11 Å². The fourth-order valence-electron chi connectivity index (χ4n) is 3.76. The highest BCUT2D eigenvalue weighted by Gasteiger charge is 2.34. The number of hydrogen-bond acceptors (Lipinski definition) is 5. The van der Waals surface area contributed by atoms with Crippen LogP contribution in [0.4, 0.5) is 0 Å². The number of nitrogens with zero attached hydrogens (tertiary/aromatic N) is 3. The molecule has 1 fully saturated rings. The second kappa shape index (κ2) is 7.46. The Morgan fingerprint density at radius 2 is 1.86 bits per heavy atom. The van der Waals surface area contributed by atoms with Crippen molar-refractivity contribution in [1.29, 1.82) is 0 Å². The summed E-state index contributed by atoms with van der Waals surface area (Å²) in [5, 5.41) is 4.12. The number of carbonyl (C=O) groups is 1. The van der Waals surface area contributed by atoms with Crippen LogP contribution in [0, 0.1) is 13.8 Å². The lowest BCUT2D eigenvalue weighted by Gasteiger charge is -2.22. The van der Waals surface area contributed by atoms with E-state index in [1.807, 2.05) is 55.1 Å². The minimum Gasteiger partial charge on any atom is -0.497 e. The molecule has 0 spiro atoms. The van der Waals surface area contributed by atoms with Gasteiger partial charge in [0.15, 0.2) is 0 Å². The zero-order chi connectivity index (χ0) is 19.7. The first-order valence-electron chi connectivity index (χ1n) is 9.42. The summed E-state index contributed by atoms with van der Waals surface area (Å²) in [6.07, 6.45) is 1.74. The van der Waals surface area contributed by atoms with Gasteiger partial charge >= 0.3 is 0 Å². The van der Waals surface area contributed by atoms with Gasteiger partial charge in [-0.25, -0.2) is 0 Å². The molecule has 28 heavy (non-hydrogen) atoms. The summed E-state index contributed by atoms with van der Waals surface area (Å²) in [5.41, 5.74) is 3.72. The van der Waals surface area contributed by atoms with E-state index in [1.165, 1.54) is 0 Å². The Kier molecular flexibility index (Phi) is 4.86. The minimum atomic E-state index is -0.187. The minimum absolute atomic E-state index is 0.0125. The maximum Gasteiger partial charge on any atom is 0.254 e. The smallest absolute Gasteiger partial charge is 0.254 e. The van der Waals surface area contributed by atoms with Gasteiger partial charge in [0.25, 0.3) is 5.91 Å². The van der Waals surface area contributed by atoms with Crippen molar-refractivity contribution in [2.75, 3.05) is 13.7 Å². The van der Waals surface area contributed by atoms with Crippen LogP contribution in [0.1, 0.15) is 46.3 Å². The lowest BCUT2D eigenvalue weighted by molar-refractivity contribution is 0.0710. The number of aromatic nitrogens is 2. The number of carbonyl (C=O) groups excluding carboxylic acids is 1. The van der Waals surface area contributed by atoms with E-state index in [9.17, 15) is 4.79 Å². The lowest BCUT2D eigenvalue weighted by Crippen LogP contribution is -2.30. The van der Waals surface area contributed by atoms with E-state index in [-0.39, 0.29) is 11.9 Å². The third-order valence-electron chi connectivity index (χ3n) is 5.06. The first-order chi connectivity index (χ1) is 13.5. The van der Waals surface area contributed by atoms with Crippen molar-refractivity contribution >= 4 is 5.91 Å². The van der Waals surface area contributed by atoms with Crippen LogP contribution in [0.2, 0.25) is 0 Å². The molecule has 4 rings (SSSR count). The molecule has 2 aromatic carbocycles. The van der Waals surface area contributed by atoms with E-state index in [0.29, 0.717) is 23.8 Å². The molecule has 6 nitrogen and oxygen atoms in total. The molecule has 0 N–H and O–H groups in total. The summed E-state index contributed by atoms with van der Waals surface area (Å²) < 4.78 is 10.7. The first-order valence-corrected chi connectivity index (χ1v) is 9.42. The van der Waals surface area contributed by atoms with E-state index >= 15 is 0 Å². The SMILES string of the molecule is COc1ccc(-c2noc([C@@H]3CCCN3C(=O)c3cc(C)cc(C)c3)n2)cc1. The Morgan fingerprint density at radius 3 is 2.54 bits per heavy atom. The molecule has 6 heteroatoms. The van der Waals surface area contributed by atoms with Crippen molar-refractivity contribution in [1.82, 2.24) is 15.0 Å². The van der Waals surface area contributed by atoms with Crippen molar-refractivity contribution in [3.05, 3.63) is 65.0 Å². The summed E-state index contributed by atoms with van der Waals surface area (Å²) >= 11 is 0. The molecule has 0 unspecified atom stereocenters. The number of aryl methyl sites for hydroxylation is 2. The van der Waals surface area contributed by atoms with Crippen LogP contribution in [0.3, 0.4) is 0 Å². The first kappa shape index (κ1) is 18.2. The molecular formula is C22H23N3O3. The molecule has 3 aromatic rings. The van der Waals surface area contributed by atoms with E-state index in [0.717, 1.165) is 35.3 Å². The maximum atomic E-state index is 13.1. The molecule has 0 saturated carbocycles. The third kappa shape index (κ3) is 3.50. The van der Waals surface area contributed by atoms with Crippen molar-refractivity contribution < 1.29 is 14.1 Å². The monoisotopic (exact) mass is 377 g/mol. The van der Waals surface area contributed by atoms with Crippen molar-refractivity contribution in [2.24, 2.45) is 0 Å². The van der Waals surface area contributed by atoms with E-state index < -0.39 is 0 Å². The molecule has 1 amide bonds. The average Bonchev–Trinajstić information content (AvgIpc) is 3.36. The van der Waals surface area contributed by atoms with Crippen molar-refractivity contribution in [2.45, 2.75) is 32.7 Å². The molecular weight excluding hydrogens is 354 g/mol. The van der Waals surface area contributed by atoms with Crippen LogP contribution in [0.15, 0.2) is 47.0 Å². The average molecular weight is 377 g/mol. The fourth-order valence-corrected chi connectivity index (χ4v) is 3.76. The predicted octanol–water partition coefficient (Wildman–Crippen LogP) is 4.34. The topological polar surface area (TPSA) is 68.5 Å². The Hall–Kier alpha value is -3.15. The molecule has 144 valence electrons. The van der Waals surface area contributed by atoms with Gasteiger partial charge in [-0.1, -0.05) is 22.3 Å². The van der Waals surface area contributed by atoms with E-state index in [2.05, 4.69) is 16.2 Å². The van der Waals surface area contributed by atoms with Gasteiger partial charge in [0.1, 0.15) is 11.8 Å². The van der Waals surface area contributed by atoms with Crippen LogP contribution in [-0.2, 0) is 0 Å². The second-order valence-electron chi connectivity index (χ2n) is 7.22. The number of amides is 1. The Bertz CT molecular complexity index is 974. The summed E-state index contributed by atoms with van der Waals surface area (Å²) in [7, 11) is 1.63. The van der Waals surface area contributed by atoms with Gasteiger partial charge in [0.2, 0.25) is 11.7 Å². The second-order valence-corrected chi connectivity index (χ2v) is 7.22. The Balaban J connectivity index is 1.58. The van der Waals surface area contributed by atoms with Gasteiger partial charge < -0.3 is 14.2 Å². The van der Waals surface area contributed by atoms with E-state index in [4.69, 9.17) is 9.26 Å². The number of ether oxygens (including phenoxy) is 1. The van der Waals surface area contributed by atoms with Crippen molar-refractivity contribution in [3.63, 3.8) is 0 Å². The molecule has 2 heterocycles. The summed E-state index contributed by atoms with van der Waals surface area (Å²) in [5.74, 6) is 1.79. The maximum absolute atomic E-state index is 13.1. The molecule has 1 aromatic heterocycles. The van der Waals surface area contributed by atoms with Gasteiger partial charge in [-0.15, -0.1) is 0 Å². The molecule has 0 radical (unpaired) electrons. The van der Waals surface area contributed by atoms with Gasteiger partial charge in [-0.05, 0) is 63.1 Å². The van der Waals surface area contributed by atoms with Crippen LogP contribution in [0.25, 0.3) is 11.4 Å². The number of likely N-dealkylation sites (tertiary alicyclic amines) is 1. The molecule has 0 aliphatic carbocycles. The largest absolute Gasteiger partial charge is 0.497 e. The van der Waals surface area contributed by atoms with Gasteiger partial charge in [0.05, 0.1) is 7.11 Å². The number of methoxy groups -OCH3 is 1. The highest BCUT2D eigenvalue weighted by Crippen LogP contribution is 2.33. The van der Waals surface area contributed by atoms with Gasteiger partial charge in [-0.3, -0.25) is 4.79 Å². The normalized spacial score (nSPS) is 16.4. The number of hydrogen-bond donors (Lipinski definition) is 0. The van der Waals surface area contributed by atoms with Crippen LogP contribution in [-0.4, -0.2) is 34.6 Å². The molecule has 0 bridgehead atoms. The molecule has 1 atom stereocenters.